The van der Waals surface area contributed by atoms with Crippen LogP contribution in [0.4, 0.5) is 4.79 Å². The van der Waals surface area contributed by atoms with E-state index < -0.39 is 29.7 Å². The maximum Gasteiger partial charge on any atom is 0.410 e. The van der Waals surface area contributed by atoms with E-state index in [2.05, 4.69) is 24.3 Å². The van der Waals surface area contributed by atoms with Crippen molar-refractivity contribution in [3.05, 3.63) is 102 Å². The van der Waals surface area contributed by atoms with Gasteiger partial charge in [0.05, 0.1) is 79.2 Å². The number of benzene rings is 4. The number of methoxy groups -OCH3 is 2. The van der Waals surface area contributed by atoms with Gasteiger partial charge < -0.3 is 47.5 Å². The molecule has 4 aromatic rings. The van der Waals surface area contributed by atoms with Gasteiger partial charge in [0, 0.05) is 23.3 Å². The maximum absolute atomic E-state index is 13.6. The monoisotopic (exact) mass is 771 g/mol. The fraction of sp³-hybridized carbons (Fsp3) is 0.489. The highest BCUT2D eigenvalue weighted by Crippen LogP contribution is 2.36. The van der Waals surface area contributed by atoms with Crippen LogP contribution in [-0.2, 0) is 41.6 Å². The summed E-state index contributed by atoms with van der Waals surface area (Å²) in [6, 6.07) is 28.2. The van der Waals surface area contributed by atoms with Gasteiger partial charge in [-0.15, -0.1) is 0 Å². The van der Waals surface area contributed by atoms with E-state index in [1.165, 1.54) is 0 Å². The Morgan fingerprint density at radius 3 is 2.27 bits per heavy atom. The average molecular weight is 772 g/mol. The molecule has 2 fully saturated rings. The van der Waals surface area contributed by atoms with Gasteiger partial charge in [-0.05, 0) is 81.5 Å². The lowest BCUT2D eigenvalue weighted by atomic mass is 9.84. The Labute approximate surface area is 331 Å². The van der Waals surface area contributed by atoms with Crippen LogP contribution in [0.5, 0.6) is 17.2 Å². The first-order valence-electron chi connectivity index (χ1n) is 19.4. The Balaban J connectivity index is 1.19. The SMILES string of the molecule is COc1ccccc1COCCCOc1ccc([C@@H]2[C@@H](OCc3cc(OC)c4ccccc4c3)CN(C(=O)OC(C)(C)C)C[C@H]2OC[C@H]2COC(C)(C)O2)cc1. The number of rotatable bonds is 16. The molecule has 11 heteroatoms. The summed E-state index contributed by atoms with van der Waals surface area (Å²) in [5.41, 5.74) is 2.31. The Morgan fingerprint density at radius 2 is 1.55 bits per heavy atom. The van der Waals surface area contributed by atoms with Crippen LogP contribution in [0, 0.1) is 0 Å². The molecule has 302 valence electrons. The zero-order valence-electron chi connectivity index (χ0n) is 33.8. The van der Waals surface area contributed by atoms with Crippen LogP contribution in [-0.4, -0.2) is 94.4 Å². The summed E-state index contributed by atoms with van der Waals surface area (Å²) < 4.78 is 54.4. The van der Waals surface area contributed by atoms with Gasteiger partial charge in [0.25, 0.3) is 0 Å². The normalized spacial score (nSPS) is 20.9. The van der Waals surface area contributed by atoms with E-state index in [1.54, 1.807) is 19.1 Å². The van der Waals surface area contributed by atoms with E-state index in [0.29, 0.717) is 52.7 Å². The minimum atomic E-state index is -0.688. The lowest BCUT2D eigenvalue weighted by Gasteiger charge is -2.44. The van der Waals surface area contributed by atoms with Gasteiger partial charge in [0.2, 0.25) is 0 Å². The second-order valence-corrected chi connectivity index (χ2v) is 15.7. The largest absolute Gasteiger partial charge is 0.496 e. The predicted molar refractivity (Wildman–Crippen MR) is 213 cm³/mol. The fourth-order valence-corrected chi connectivity index (χ4v) is 7.20. The number of para-hydroxylation sites is 1. The number of nitrogens with zero attached hydrogens (tertiary/aromatic N) is 1. The molecule has 6 rings (SSSR count). The van der Waals surface area contributed by atoms with Gasteiger partial charge in [0.15, 0.2) is 5.79 Å². The summed E-state index contributed by atoms with van der Waals surface area (Å²) >= 11 is 0. The van der Waals surface area contributed by atoms with Gasteiger partial charge in [-0.3, -0.25) is 0 Å². The summed E-state index contributed by atoms with van der Waals surface area (Å²) in [6.45, 7) is 12.6. The van der Waals surface area contributed by atoms with Crippen molar-refractivity contribution in [2.75, 3.05) is 53.7 Å². The summed E-state index contributed by atoms with van der Waals surface area (Å²) in [4.78, 5) is 15.3. The molecular formula is C45H57NO10. The summed E-state index contributed by atoms with van der Waals surface area (Å²) in [5, 5.41) is 2.09. The highest BCUT2D eigenvalue weighted by molar-refractivity contribution is 5.89. The van der Waals surface area contributed by atoms with Crippen LogP contribution >= 0.6 is 0 Å². The quantitative estimate of drug-likeness (QED) is 0.103. The summed E-state index contributed by atoms with van der Waals surface area (Å²) in [5.74, 6) is 1.43. The van der Waals surface area contributed by atoms with Crippen LogP contribution in [0.15, 0.2) is 84.9 Å². The maximum atomic E-state index is 13.6. The number of fused-ring (bicyclic) bond motifs is 1. The first kappa shape index (κ1) is 41.2. The molecule has 56 heavy (non-hydrogen) atoms. The van der Waals surface area contributed by atoms with Gasteiger partial charge in [0.1, 0.15) is 29.0 Å². The molecule has 4 aromatic carbocycles. The van der Waals surface area contributed by atoms with Crippen molar-refractivity contribution in [1.82, 2.24) is 4.90 Å². The highest BCUT2D eigenvalue weighted by atomic mass is 16.7. The third-order valence-corrected chi connectivity index (χ3v) is 9.80. The van der Waals surface area contributed by atoms with E-state index in [1.807, 2.05) is 95.3 Å². The molecule has 0 bridgehead atoms. The number of hydrogen-bond donors (Lipinski definition) is 0. The standard InChI is InChI=1S/C45H57NO10/c1-44(2,3)56-43(47)46-25-40(52-27-31-23-33-13-8-10-15-37(33)39(24-31)49-7)42(41(26-46)53-29-36-30-54-45(4,5)55-36)32-17-19-35(20-18-32)51-22-12-21-50-28-34-14-9-11-16-38(34)48-6/h8-11,13-20,23-24,36,40-42H,12,21-22,25-30H2,1-7H3/t36-,40-,41+,42+/m0/s1. The average Bonchev–Trinajstić information content (AvgIpc) is 3.54. The fourth-order valence-electron chi connectivity index (χ4n) is 7.20. The molecule has 4 atom stereocenters. The van der Waals surface area contributed by atoms with E-state index >= 15 is 0 Å². The molecule has 0 aromatic heterocycles. The minimum Gasteiger partial charge on any atom is -0.496 e. The first-order valence-corrected chi connectivity index (χ1v) is 19.4. The molecule has 11 nitrogen and oxygen atoms in total. The van der Waals surface area contributed by atoms with Gasteiger partial charge in [-0.25, -0.2) is 4.79 Å². The Morgan fingerprint density at radius 1 is 0.839 bits per heavy atom. The summed E-state index contributed by atoms with van der Waals surface area (Å²) in [6.07, 6.45) is -0.811. The van der Waals surface area contributed by atoms with Crippen LogP contribution in [0.2, 0.25) is 0 Å². The van der Waals surface area contributed by atoms with Crippen LogP contribution in [0.1, 0.15) is 63.6 Å². The molecule has 2 saturated heterocycles. The number of amides is 1. The number of ether oxygens (including phenoxy) is 9. The van der Waals surface area contributed by atoms with Gasteiger partial charge >= 0.3 is 6.09 Å². The number of piperidine rings is 1. The molecule has 0 spiro atoms. The van der Waals surface area contributed by atoms with Crippen LogP contribution in [0.25, 0.3) is 10.8 Å². The molecule has 0 radical (unpaired) electrons. The van der Waals surface area contributed by atoms with Crippen LogP contribution in [0.3, 0.4) is 0 Å². The first-order chi connectivity index (χ1) is 26.9. The topological polar surface area (TPSA) is 103 Å². The van der Waals surface area contributed by atoms with Crippen molar-refractivity contribution in [2.45, 2.75) is 89.9 Å². The van der Waals surface area contributed by atoms with Gasteiger partial charge in [-0.2, -0.15) is 0 Å². The number of likely N-dealkylation sites (tertiary alicyclic amines) is 1. The van der Waals surface area contributed by atoms with Crippen LogP contribution < -0.4 is 14.2 Å². The molecule has 0 N–H and O–H groups in total. The highest BCUT2D eigenvalue weighted by Gasteiger charge is 2.43. The molecule has 0 unspecified atom stereocenters. The van der Waals surface area contributed by atoms with Crippen molar-refractivity contribution in [3.8, 4) is 17.2 Å². The summed E-state index contributed by atoms with van der Waals surface area (Å²) in [7, 11) is 3.34. The van der Waals surface area contributed by atoms with Crippen molar-refractivity contribution in [3.63, 3.8) is 0 Å². The van der Waals surface area contributed by atoms with Crippen molar-refractivity contribution in [2.24, 2.45) is 0 Å². The molecule has 0 aliphatic carbocycles. The third-order valence-electron chi connectivity index (χ3n) is 9.80. The molecule has 1 amide bonds. The van der Waals surface area contributed by atoms with Crippen molar-refractivity contribution < 1.29 is 47.4 Å². The third kappa shape index (κ3) is 11.1. The van der Waals surface area contributed by atoms with Crippen molar-refractivity contribution in [1.29, 1.82) is 0 Å². The molecule has 2 heterocycles. The smallest absolute Gasteiger partial charge is 0.410 e. The van der Waals surface area contributed by atoms with E-state index in [4.69, 9.17) is 42.6 Å². The van der Waals surface area contributed by atoms with Gasteiger partial charge in [-0.1, -0.05) is 54.6 Å². The number of carbonyl (C=O) groups is 1. The van der Waals surface area contributed by atoms with Crippen molar-refractivity contribution >= 4 is 16.9 Å². The zero-order chi connectivity index (χ0) is 39.7. The lowest BCUT2D eigenvalue weighted by Crippen LogP contribution is -2.55. The Bertz CT molecular complexity index is 1870. The second-order valence-electron chi connectivity index (χ2n) is 15.7. The number of hydrogen-bond acceptors (Lipinski definition) is 10. The molecule has 2 aliphatic heterocycles. The molecule has 2 aliphatic rings. The predicted octanol–water partition coefficient (Wildman–Crippen LogP) is 8.30. The second kappa shape index (κ2) is 18.7. The molecular weight excluding hydrogens is 714 g/mol. The Kier molecular flexibility index (Phi) is 13.8. The number of carbonyl (C=O) groups excluding carboxylic acids is 1. The lowest BCUT2D eigenvalue weighted by molar-refractivity contribution is -0.154. The molecule has 0 saturated carbocycles. The minimum absolute atomic E-state index is 0.233. The zero-order valence-corrected chi connectivity index (χ0v) is 33.8. The van der Waals surface area contributed by atoms with E-state index in [0.717, 1.165) is 51.1 Å². The van der Waals surface area contributed by atoms with E-state index in [9.17, 15) is 4.79 Å². The van der Waals surface area contributed by atoms with E-state index in [-0.39, 0.29) is 12.0 Å². The Hall–Kier alpha value is -4.39.